The fourth-order valence-corrected chi connectivity index (χ4v) is 4.13. The van der Waals surface area contributed by atoms with Crippen molar-refractivity contribution in [2.45, 2.75) is 25.3 Å². The van der Waals surface area contributed by atoms with Gasteiger partial charge in [-0.3, -0.25) is 14.7 Å². The number of benzene rings is 1. The topological polar surface area (TPSA) is 45.7 Å². The Morgan fingerprint density at radius 3 is 2.68 bits per heavy atom. The van der Waals surface area contributed by atoms with Gasteiger partial charge in [0.2, 0.25) is 5.91 Å². The number of likely N-dealkylation sites (tertiary alicyclic amines) is 1. The van der Waals surface area contributed by atoms with Crippen LogP contribution in [0.2, 0.25) is 5.02 Å². The van der Waals surface area contributed by atoms with Crippen molar-refractivity contribution in [3.63, 3.8) is 0 Å². The average molecular weight is 400 g/mol. The summed E-state index contributed by atoms with van der Waals surface area (Å²) in [5, 5.41) is 0.742. The smallest absolute Gasteiger partial charge is 0.237 e. The Morgan fingerprint density at radius 1 is 1.11 bits per heavy atom. The third-order valence-electron chi connectivity index (χ3n) is 5.50. The molecule has 4 rings (SSSR count). The molecule has 2 saturated heterocycles. The Hall–Kier alpha value is -1.95. The van der Waals surface area contributed by atoms with E-state index >= 15 is 0 Å². The van der Waals surface area contributed by atoms with Gasteiger partial charge in [-0.2, -0.15) is 0 Å². The number of rotatable bonds is 5. The van der Waals surface area contributed by atoms with Crippen LogP contribution in [-0.2, 0) is 16.0 Å². The lowest BCUT2D eigenvalue weighted by molar-refractivity contribution is -0.134. The molecule has 1 amide bonds. The van der Waals surface area contributed by atoms with Gasteiger partial charge < -0.3 is 9.64 Å². The predicted octanol–water partition coefficient (Wildman–Crippen LogP) is 3.32. The number of hydrogen-bond donors (Lipinski definition) is 0. The first-order valence-corrected chi connectivity index (χ1v) is 10.4. The molecule has 0 saturated carbocycles. The summed E-state index contributed by atoms with van der Waals surface area (Å²) in [7, 11) is 0. The molecule has 1 atom stereocenters. The van der Waals surface area contributed by atoms with Gasteiger partial charge in [0.1, 0.15) is 0 Å². The molecule has 6 heteroatoms. The highest BCUT2D eigenvalue weighted by Gasteiger charge is 2.31. The molecule has 0 bridgehead atoms. The van der Waals surface area contributed by atoms with Crippen LogP contribution < -0.4 is 0 Å². The number of amides is 1. The first-order chi connectivity index (χ1) is 13.7. The van der Waals surface area contributed by atoms with Gasteiger partial charge >= 0.3 is 0 Å². The van der Waals surface area contributed by atoms with Gasteiger partial charge in [0.15, 0.2) is 0 Å². The maximum atomic E-state index is 12.9. The number of pyridine rings is 1. The summed E-state index contributed by atoms with van der Waals surface area (Å²) in [5.41, 5.74) is 3.20. The molecule has 28 heavy (non-hydrogen) atoms. The first kappa shape index (κ1) is 19.4. The van der Waals surface area contributed by atoms with Crippen molar-refractivity contribution in [2.24, 2.45) is 0 Å². The highest BCUT2D eigenvalue weighted by atomic mass is 35.5. The van der Waals surface area contributed by atoms with Crippen LogP contribution >= 0.6 is 11.6 Å². The van der Waals surface area contributed by atoms with E-state index in [9.17, 15) is 4.79 Å². The SMILES string of the molecule is O=C(CN1CCOCC1)N1CCC[C@H]1c1cccc(Cc2ccc(Cl)cc2)n1. The molecule has 2 aliphatic rings. The molecule has 3 heterocycles. The van der Waals surface area contributed by atoms with E-state index < -0.39 is 0 Å². The minimum Gasteiger partial charge on any atom is -0.379 e. The number of nitrogens with zero attached hydrogens (tertiary/aromatic N) is 3. The Bertz CT molecular complexity index is 806. The van der Waals surface area contributed by atoms with Crippen molar-refractivity contribution in [1.29, 1.82) is 0 Å². The lowest BCUT2D eigenvalue weighted by Crippen LogP contribution is -2.44. The van der Waals surface area contributed by atoms with Crippen LogP contribution in [-0.4, -0.2) is 60.1 Å². The van der Waals surface area contributed by atoms with E-state index in [2.05, 4.69) is 17.0 Å². The molecule has 1 aromatic carbocycles. The maximum Gasteiger partial charge on any atom is 0.237 e. The van der Waals surface area contributed by atoms with Crippen LogP contribution in [0.1, 0.15) is 35.8 Å². The quantitative estimate of drug-likeness (QED) is 0.773. The Labute approximate surface area is 171 Å². The molecule has 0 N–H and O–H groups in total. The summed E-state index contributed by atoms with van der Waals surface area (Å²) in [5.74, 6) is 0.203. The Kier molecular flexibility index (Phi) is 6.25. The third-order valence-corrected chi connectivity index (χ3v) is 5.76. The molecule has 1 aromatic heterocycles. The molecule has 5 nitrogen and oxygen atoms in total. The monoisotopic (exact) mass is 399 g/mol. The molecule has 0 aliphatic carbocycles. The van der Waals surface area contributed by atoms with Crippen LogP contribution in [0.25, 0.3) is 0 Å². The van der Waals surface area contributed by atoms with Gasteiger partial charge in [-0.25, -0.2) is 0 Å². The van der Waals surface area contributed by atoms with E-state index in [0.717, 1.165) is 55.3 Å². The zero-order chi connectivity index (χ0) is 19.3. The molecule has 2 aliphatic heterocycles. The molecule has 0 spiro atoms. The standard InChI is InChI=1S/C22H26ClN3O2/c23-18-8-6-17(7-9-18)15-19-3-1-4-20(24-19)21-5-2-10-26(21)22(27)16-25-11-13-28-14-12-25/h1,3-4,6-9,21H,2,5,10-16H2/t21-/m0/s1. The second-order valence-corrected chi connectivity index (χ2v) is 7.93. The van der Waals surface area contributed by atoms with Gasteiger partial charge in [0.05, 0.1) is 31.5 Å². The number of halogens is 1. The number of ether oxygens (including phenoxy) is 1. The second-order valence-electron chi connectivity index (χ2n) is 7.49. The van der Waals surface area contributed by atoms with Gasteiger partial charge in [0, 0.05) is 36.8 Å². The normalized spacial score (nSPS) is 20.5. The van der Waals surface area contributed by atoms with E-state index in [1.165, 1.54) is 5.56 Å². The summed E-state index contributed by atoms with van der Waals surface area (Å²) in [6, 6.07) is 14.1. The molecule has 2 aromatic rings. The van der Waals surface area contributed by atoms with Crippen molar-refractivity contribution in [3.8, 4) is 0 Å². The first-order valence-electron chi connectivity index (χ1n) is 9.99. The van der Waals surface area contributed by atoms with Crippen LogP contribution in [0.4, 0.5) is 0 Å². The minimum atomic E-state index is 0.0821. The summed E-state index contributed by atoms with van der Waals surface area (Å²) in [4.78, 5) is 22.0. The van der Waals surface area contributed by atoms with Gasteiger partial charge in [-0.1, -0.05) is 29.8 Å². The van der Waals surface area contributed by atoms with Gasteiger partial charge in [0.25, 0.3) is 0 Å². The molecular formula is C22H26ClN3O2. The lowest BCUT2D eigenvalue weighted by Gasteiger charge is -2.30. The van der Waals surface area contributed by atoms with Crippen LogP contribution in [0.5, 0.6) is 0 Å². The highest BCUT2D eigenvalue weighted by Crippen LogP contribution is 2.31. The van der Waals surface area contributed by atoms with Crippen molar-refractivity contribution < 1.29 is 9.53 Å². The lowest BCUT2D eigenvalue weighted by atomic mass is 10.1. The van der Waals surface area contributed by atoms with E-state index in [4.69, 9.17) is 21.3 Å². The molecule has 0 unspecified atom stereocenters. The summed E-state index contributed by atoms with van der Waals surface area (Å²) in [6.07, 6.45) is 2.77. The summed E-state index contributed by atoms with van der Waals surface area (Å²) in [6.45, 7) is 4.38. The number of hydrogen-bond acceptors (Lipinski definition) is 4. The Morgan fingerprint density at radius 2 is 1.89 bits per heavy atom. The largest absolute Gasteiger partial charge is 0.379 e. The van der Waals surface area contributed by atoms with E-state index in [0.29, 0.717) is 19.8 Å². The number of morpholine rings is 1. The fraction of sp³-hybridized carbons (Fsp3) is 0.455. The zero-order valence-corrected chi connectivity index (χ0v) is 16.8. The fourth-order valence-electron chi connectivity index (χ4n) is 4.01. The zero-order valence-electron chi connectivity index (χ0n) is 16.0. The predicted molar refractivity (Wildman–Crippen MR) is 109 cm³/mol. The van der Waals surface area contributed by atoms with Gasteiger partial charge in [-0.15, -0.1) is 0 Å². The minimum absolute atomic E-state index is 0.0821. The van der Waals surface area contributed by atoms with Crippen LogP contribution in [0.3, 0.4) is 0 Å². The van der Waals surface area contributed by atoms with Crippen LogP contribution in [0.15, 0.2) is 42.5 Å². The summed E-state index contributed by atoms with van der Waals surface area (Å²) >= 11 is 5.98. The third kappa shape index (κ3) is 4.72. The van der Waals surface area contributed by atoms with E-state index in [1.54, 1.807) is 0 Å². The van der Waals surface area contributed by atoms with E-state index in [-0.39, 0.29) is 11.9 Å². The molecule has 2 fully saturated rings. The number of carbonyl (C=O) groups excluding carboxylic acids is 1. The second kappa shape index (κ2) is 9.03. The molecule has 0 radical (unpaired) electrons. The van der Waals surface area contributed by atoms with Crippen molar-refractivity contribution in [2.75, 3.05) is 39.4 Å². The van der Waals surface area contributed by atoms with Crippen molar-refractivity contribution in [1.82, 2.24) is 14.8 Å². The molecular weight excluding hydrogens is 374 g/mol. The van der Waals surface area contributed by atoms with Crippen LogP contribution in [0, 0.1) is 0 Å². The van der Waals surface area contributed by atoms with Crippen molar-refractivity contribution in [3.05, 3.63) is 64.4 Å². The molecule has 148 valence electrons. The summed E-state index contributed by atoms with van der Waals surface area (Å²) < 4.78 is 5.38. The average Bonchev–Trinajstić information content (AvgIpc) is 3.21. The van der Waals surface area contributed by atoms with Gasteiger partial charge in [-0.05, 0) is 42.7 Å². The maximum absolute atomic E-state index is 12.9. The van der Waals surface area contributed by atoms with Crippen molar-refractivity contribution >= 4 is 17.5 Å². The number of carbonyl (C=O) groups is 1. The number of aromatic nitrogens is 1. The highest BCUT2D eigenvalue weighted by molar-refractivity contribution is 6.30. The van der Waals surface area contributed by atoms with E-state index in [1.807, 2.05) is 35.2 Å². The Balaban J connectivity index is 1.44.